The Morgan fingerprint density at radius 2 is 2.04 bits per heavy atom. The molecule has 0 aromatic heterocycles. The zero-order chi connectivity index (χ0) is 20.2. The topological polar surface area (TPSA) is 105 Å². The Morgan fingerprint density at radius 3 is 2.67 bits per heavy atom. The van der Waals surface area contributed by atoms with Gasteiger partial charge in [-0.15, -0.1) is 0 Å². The number of carbonyl (C=O) groups is 2. The van der Waals surface area contributed by atoms with E-state index in [4.69, 9.17) is 4.74 Å². The first-order chi connectivity index (χ1) is 12.6. The third kappa shape index (κ3) is 5.24. The molecule has 1 aliphatic heterocycles. The first kappa shape index (κ1) is 21.3. The van der Waals surface area contributed by atoms with Gasteiger partial charge in [0.15, 0.2) is 0 Å². The van der Waals surface area contributed by atoms with Gasteiger partial charge >= 0.3 is 11.8 Å². The summed E-state index contributed by atoms with van der Waals surface area (Å²) in [6, 6.07) is 3.23. The summed E-state index contributed by atoms with van der Waals surface area (Å²) in [6.07, 6.45) is -0.471. The van der Waals surface area contributed by atoms with Gasteiger partial charge in [0.05, 0.1) is 18.0 Å². The fraction of sp³-hybridized carbons (Fsp3) is 0.529. The molecule has 0 saturated carbocycles. The molecule has 2 rings (SSSR count). The summed E-state index contributed by atoms with van der Waals surface area (Å²) in [6.45, 7) is 5.28. The molecule has 0 spiro atoms. The van der Waals surface area contributed by atoms with Crippen molar-refractivity contribution < 1.29 is 27.1 Å². The van der Waals surface area contributed by atoms with Crippen LogP contribution >= 0.6 is 0 Å². The van der Waals surface area contributed by atoms with Crippen LogP contribution in [0.2, 0.25) is 0 Å². The van der Waals surface area contributed by atoms with E-state index in [-0.39, 0.29) is 29.6 Å². The number of sulfonamides is 1. The second-order valence-electron chi connectivity index (χ2n) is 6.54. The molecule has 0 aliphatic carbocycles. The van der Waals surface area contributed by atoms with Gasteiger partial charge in [-0.25, -0.2) is 12.8 Å². The average molecular weight is 401 g/mol. The Labute approximate surface area is 158 Å². The standard InChI is InChI=1S/C17H24FN3O5S/c1-11(2)20-17(23)16(22)19-10-15-21(7-4-8-26-15)27(24,25)14-6-5-13(18)9-12(14)3/h5-6,9,11,15H,4,7-8,10H2,1-3H3,(H,19,22)(H,20,23). The summed E-state index contributed by atoms with van der Waals surface area (Å²) in [5.74, 6) is -2.20. The van der Waals surface area contributed by atoms with Crippen molar-refractivity contribution in [3.63, 3.8) is 0 Å². The largest absolute Gasteiger partial charge is 0.360 e. The molecule has 2 amide bonds. The number of carbonyl (C=O) groups excluding carboxylic acids is 2. The van der Waals surface area contributed by atoms with Crippen molar-refractivity contribution in [2.45, 2.75) is 44.4 Å². The van der Waals surface area contributed by atoms with Gasteiger partial charge in [0.25, 0.3) is 0 Å². The Balaban J connectivity index is 2.14. The van der Waals surface area contributed by atoms with Crippen LogP contribution in [0, 0.1) is 12.7 Å². The molecule has 1 aromatic rings. The molecule has 150 valence electrons. The summed E-state index contributed by atoms with van der Waals surface area (Å²) in [4.78, 5) is 23.5. The summed E-state index contributed by atoms with van der Waals surface area (Å²) in [5, 5.41) is 4.84. The average Bonchev–Trinajstić information content (AvgIpc) is 2.58. The number of hydrogen-bond acceptors (Lipinski definition) is 5. The molecule has 2 N–H and O–H groups in total. The minimum Gasteiger partial charge on any atom is -0.360 e. The predicted octanol–water partition coefficient (Wildman–Crippen LogP) is 0.512. The minimum absolute atomic E-state index is 0.0247. The molecule has 1 unspecified atom stereocenters. The van der Waals surface area contributed by atoms with E-state index in [1.807, 2.05) is 0 Å². The molecule has 1 heterocycles. The molecule has 1 aromatic carbocycles. The SMILES string of the molecule is Cc1cc(F)ccc1S(=O)(=O)N1CCCOC1CNC(=O)C(=O)NC(C)C. The van der Waals surface area contributed by atoms with E-state index in [1.165, 1.54) is 13.0 Å². The Bertz CT molecular complexity index is 813. The molecular weight excluding hydrogens is 377 g/mol. The predicted molar refractivity (Wildman–Crippen MR) is 95.7 cm³/mol. The van der Waals surface area contributed by atoms with E-state index in [9.17, 15) is 22.4 Å². The van der Waals surface area contributed by atoms with Crippen LogP contribution in [0.4, 0.5) is 4.39 Å². The lowest BCUT2D eigenvalue weighted by Gasteiger charge is -2.34. The second-order valence-corrected chi connectivity index (χ2v) is 8.40. The van der Waals surface area contributed by atoms with Crippen LogP contribution in [0.3, 0.4) is 0 Å². The number of halogens is 1. The van der Waals surface area contributed by atoms with E-state index in [1.54, 1.807) is 13.8 Å². The molecule has 1 saturated heterocycles. The lowest BCUT2D eigenvalue weighted by Crippen LogP contribution is -2.53. The molecule has 0 bridgehead atoms. The number of rotatable bonds is 5. The third-order valence-corrected chi connectivity index (χ3v) is 5.99. The molecule has 1 fully saturated rings. The quantitative estimate of drug-likeness (QED) is 0.700. The summed E-state index contributed by atoms with van der Waals surface area (Å²) in [5.41, 5.74) is 0.277. The maximum atomic E-state index is 13.3. The van der Waals surface area contributed by atoms with Crippen LogP contribution in [-0.2, 0) is 24.3 Å². The van der Waals surface area contributed by atoms with Crippen molar-refractivity contribution in [1.82, 2.24) is 14.9 Å². The van der Waals surface area contributed by atoms with Crippen LogP contribution in [0.25, 0.3) is 0 Å². The van der Waals surface area contributed by atoms with Gasteiger partial charge < -0.3 is 15.4 Å². The van der Waals surface area contributed by atoms with Crippen molar-refractivity contribution in [2.75, 3.05) is 19.7 Å². The lowest BCUT2D eigenvalue weighted by atomic mass is 10.2. The van der Waals surface area contributed by atoms with Gasteiger partial charge in [0, 0.05) is 12.6 Å². The minimum atomic E-state index is -3.96. The zero-order valence-electron chi connectivity index (χ0n) is 15.5. The fourth-order valence-electron chi connectivity index (χ4n) is 2.72. The number of hydrogen-bond donors (Lipinski definition) is 2. The molecule has 1 aliphatic rings. The molecule has 0 radical (unpaired) electrons. The monoisotopic (exact) mass is 401 g/mol. The smallest absolute Gasteiger partial charge is 0.309 e. The highest BCUT2D eigenvalue weighted by molar-refractivity contribution is 7.89. The molecule has 1 atom stereocenters. The van der Waals surface area contributed by atoms with Gasteiger partial charge in [0.1, 0.15) is 12.0 Å². The van der Waals surface area contributed by atoms with Crippen molar-refractivity contribution in [1.29, 1.82) is 0 Å². The number of nitrogens with zero attached hydrogens (tertiary/aromatic N) is 1. The molecule has 10 heteroatoms. The fourth-order valence-corrected chi connectivity index (χ4v) is 4.49. The van der Waals surface area contributed by atoms with Gasteiger partial charge in [-0.05, 0) is 51.0 Å². The maximum absolute atomic E-state index is 13.3. The van der Waals surface area contributed by atoms with Crippen molar-refractivity contribution in [3.8, 4) is 0 Å². The molecule has 27 heavy (non-hydrogen) atoms. The van der Waals surface area contributed by atoms with Gasteiger partial charge in [0.2, 0.25) is 10.0 Å². The number of amides is 2. The highest BCUT2D eigenvalue weighted by atomic mass is 32.2. The number of ether oxygens (including phenoxy) is 1. The van der Waals surface area contributed by atoms with Crippen molar-refractivity contribution >= 4 is 21.8 Å². The third-order valence-electron chi connectivity index (χ3n) is 3.94. The number of nitrogens with one attached hydrogen (secondary N) is 2. The maximum Gasteiger partial charge on any atom is 0.309 e. The summed E-state index contributed by atoms with van der Waals surface area (Å²) in [7, 11) is -3.96. The van der Waals surface area contributed by atoms with Crippen molar-refractivity contribution in [2.24, 2.45) is 0 Å². The normalized spacial score (nSPS) is 18.3. The van der Waals surface area contributed by atoms with Crippen LogP contribution in [0.15, 0.2) is 23.1 Å². The Morgan fingerprint density at radius 1 is 1.33 bits per heavy atom. The van der Waals surface area contributed by atoms with Crippen molar-refractivity contribution in [3.05, 3.63) is 29.6 Å². The molecular formula is C17H24FN3O5S. The van der Waals surface area contributed by atoms with E-state index >= 15 is 0 Å². The summed E-state index contributed by atoms with van der Waals surface area (Å²) < 4.78 is 45.9. The van der Waals surface area contributed by atoms with Gasteiger partial charge in [-0.1, -0.05) is 0 Å². The number of benzene rings is 1. The van der Waals surface area contributed by atoms with E-state index in [0.29, 0.717) is 13.0 Å². The lowest BCUT2D eigenvalue weighted by molar-refractivity contribution is -0.140. The van der Waals surface area contributed by atoms with E-state index in [2.05, 4.69) is 10.6 Å². The van der Waals surface area contributed by atoms with Gasteiger partial charge in [-0.2, -0.15) is 4.31 Å². The summed E-state index contributed by atoms with van der Waals surface area (Å²) >= 11 is 0. The highest BCUT2D eigenvalue weighted by Gasteiger charge is 2.35. The van der Waals surface area contributed by atoms with Crippen LogP contribution in [0.1, 0.15) is 25.8 Å². The second kappa shape index (κ2) is 8.77. The first-order valence-electron chi connectivity index (χ1n) is 8.61. The Hall–Kier alpha value is -2.04. The highest BCUT2D eigenvalue weighted by Crippen LogP contribution is 2.25. The van der Waals surface area contributed by atoms with E-state index < -0.39 is 33.9 Å². The Kier molecular flexibility index (Phi) is 6.90. The van der Waals surface area contributed by atoms with Crippen LogP contribution in [0.5, 0.6) is 0 Å². The first-order valence-corrected chi connectivity index (χ1v) is 10.0. The van der Waals surface area contributed by atoms with Crippen LogP contribution in [-0.4, -0.2) is 56.5 Å². The van der Waals surface area contributed by atoms with Gasteiger partial charge in [-0.3, -0.25) is 9.59 Å². The van der Waals surface area contributed by atoms with E-state index in [0.717, 1.165) is 16.4 Å². The zero-order valence-corrected chi connectivity index (χ0v) is 16.3. The van der Waals surface area contributed by atoms with Crippen LogP contribution < -0.4 is 10.6 Å². The number of aryl methyl sites for hydroxylation is 1. The molecule has 8 nitrogen and oxygen atoms in total.